The minimum atomic E-state index is -0.777. The van der Waals surface area contributed by atoms with Gasteiger partial charge in [-0.25, -0.2) is 9.67 Å². The number of aromatic nitrogens is 3. The molecule has 0 radical (unpaired) electrons. The van der Waals surface area contributed by atoms with E-state index in [1.54, 1.807) is 47.4 Å². The molecule has 1 atom stereocenters. The van der Waals surface area contributed by atoms with Gasteiger partial charge in [-0.05, 0) is 36.2 Å². The van der Waals surface area contributed by atoms with Gasteiger partial charge in [-0.2, -0.15) is 5.10 Å². The van der Waals surface area contributed by atoms with Crippen LogP contribution in [0.25, 0.3) is 0 Å². The van der Waals surface area contributed by atoms with E-state index in [-0.39, 0.29) is 30.6 Å². The van der Waals surface area contributed by atoms with Crippen LogP contribution in [0.15, 0.2) is 61.2 Å². The molecule has 1 aromatic heterocycles. The lowest BCUT2D eigenvalue weighted by atomic mass is 10.1. The normalized spacial score (nSPS) is 15.5. The smallest absolute Gasteiger partial charge is 0.254 e. The molecule has 4 rings (SSSR count). The number of amides is 3. The van der Waals surface area contributed by atoms with Crippen LogP contribution in [0.1, 0.15) is 28.8 Å². The van der Waals surface area contributed by atoms with Crippen molar-refractivity contribution in [3.05, 3.63) is 72.3 Å². The highest BCUT2D eigenvalue weighted by molar-refractivity contribution is 6.09. The summed E-state index contributed by atoms with van der Waals surface area (Å²) < 4.78 is 1.71. The molecule has 0 aliphatic carbocycles. The van der Waals surface area contributed by atoms with Gasteiger partial charge in [-0.1, -0.05) is 24.3 Å². The molecule has 0 unspecified atom stereocenters. The number of anilines is 2. The summed E-state index contributed by atoms with van der Waals surface area (Å²) in [6.45, 7) is 0.590. The van der Waals surface area contributed by atoms with Crippen molar-refractivity contribution < 1.29 is 14.4 Å². The molecule has 9 nitrogen and oxygen atoms in total. The molecular formula is C21H20N6O3. The van der Waals surface area contributed by atoms with Gasteiger partial charge in [0.15, 0.2) is 0 Å². The van der Waals surface area contributed by atoms with Gasteiger partial charge in [0.05, 0.1) is 17.8 Å². The molecule has 0 fully saturated rings. The number of benzene rings is 2. The van der Waals surface area contributed by atoms with Crippen LogP contribution in [0.4, 0.5) is 11.4 Å². The predicted octanol–water partition coefficient (Wildman–Crippen LogP) is 1.80. The first-order valence-corrected chi connectivity index (χ1v) is 9.50. The summed E-state index contributed by atoms with van der Waals surface area (Å²) in [6, 6.07) is 13.4. The third-order valence-corrected chi connectivity index (χ3v) is 4.76. The van der Waals surface area contributed by atoms with Crippen molar-refractivity contribution in [3.8, 4) is 0 Å². The van der Waals surface area contributed by atoms with E-state index < -0.39 is 6.04 Å². The van der Waals surface area contributed by atoms with Crippen LogP contribution in [-0.2, 0) is 16.1 Å². The first-order chi connectivity index (χ1) is 14.6. The van der Waals surface area contributed by atoms with Gasteiger partial charge < -0.3 is 16.0 Å². The lowest BCUT2D eigenvalue weighted by Gasteiger charge is -2.14. The van der Waals surface area contributed by atoms with E-state index in [0.717, 1.165) is 5.56 Å². The Morgan fingerprint density at radius 2 is 1.90 bits per heavy atom. The van der Waals surface area contributed by atoms with Crippen LogP contribution in [0, 0.1) is 0 Å². The second-order valence-electron chi connectivity index (χ2n) is 6.94. The van der Waals surface area contributed by atoms with Crippen molar-refractivity contribution in [2.75, 3.05) is 10.6 Å². The molecule has 3 N–H and O–H groups in total. The van der Waals surface area contributed by atoms with E-state index in [1.807, 2.05) is 12.1 Å². The molecule has 0 spiro atoms. The van der Waals surface area contributed by atoms with Crippen LogP contribution in [0.3, 0.4) is 0 Å². The summed E-state index contributed by atoms with van der Waals surface area (Å²) in [5.41, 5.74) is 2.56. The Labute approximate surface area is 172 Å². The summed E-state index contributed by atoms with van der Waals surface area (Å²) in [7, 11) is 0. The third-order valence-electron chi connectivity index (χ3n) is 4.76. The maximum absolute atomic E-state index is 12.4. The minimum absolute atomic E-state index is 0.0927. The topological polar surface area (TPSA) is 118 Å². The van der Waals surface area contributed by atoms with Gasteiger partial charge in [0, 0.05) is 12.1 Å². The Kier molecular flexibility index (Phi) is 5.51. The van der Waals surface area contributed by atoms with E-state index >= 15 is 0 Å². The van der Waals surface area contributed by atoms with Crippen molar-refractivity contribution in [1.29, 1.82) is 0 Å². The first-order valence-electron chi connectivity index (χ1n) is 9.50. The minimum Gasteiger partial charge on any atom is -0.340 e. The molecule has 30 heavy (non-hydrogen) atoms. The van der Waals surface area contributed by atoms with E-state index in [0.29, 0.717) is 23.5 Å². The maximum Gasteiger partial charge on any atom is 0.254 e. The number of fused-ring (bicyclic) bond motifs is 1. The van der Waals surface area contributed by atoms with Crippen molar-refractivity contribution in [2.45, 2.75) is 25.4 Å². The molecular weight excluding hydrogens is 384 g/mol. The lowest BCUT2D eigenvalue weighted by Crippen LogP contribution is -2.41. The average Bonchev–Trinajstić information content (AvgIpc) is 3.21. The molecule has 3 amide bonds. The Hall–Kier alpha value is -4.01. The second-order valence-corrected chi connectivity index (χ2v) is 6.94. The highest BCUT2D eigenvalue weighted by Gasteiger charge is 2.27. The van der Waals surface area contributed by atoms with E-state index in [9.17, 15) is 14.4 Å². The van der Waals surface area contributed by atoms with Gasteiger partial charge in [-0.3, -0.25) is 14.4 Å². The zero-order chi connectivity index (χ0) is 20.9. The average molecular weight is 404 g/mol. The molecule has 0 saturated carbocycles. The summed E-state index contributed by atoms with van der Waals surface area (Å²) >= 11 is 0. The van der Waals surface area contributed by atoms with Crippen molar-refractivity contribution in [3.63, 3.8) is 0 Å². The first kappa shape index (κ1) is 19.3. The van der Waals surface area contributed by atoms with E-state index in [1.165, 1.54) is 6.33 Å². The highest BCUT2D eigenvalue weighted by Crippen LogP contribution is 2.19. The number of hydrogen-bond donors (Lipinski definition) is 3. The van der Waals surface area contributed by atoms with Crippen LogP contribution in [-0.4, -0.2) is 38.5 Å². The van der Waals surface area contributed by atoms with Gasteiger partial charge in [0.1, 0.15) is 18.7 Å². The van der Waals surface area contributed by atoms with Crippen molar-refractivity contribution in [2.24, 2.45) is 0 Å². The Bertz CT molecular complexity index is 1060. The zero-order valence-electron chi connectivity index (χ0n) is 16.0. The summed E-state index contributed by atoms with van der Waals surface area (Å²) in [5.74, 6) is -0.904. The standard InChI is InChI=1S/C21H20N6O3/c28-19(24-15-7-5-14(6-8-15)11-27-13-22-12-23-27)10-9-18-21(30)25-17-4-2-1-3-16(17)20(29)26-18/h1-8,12-13,18H,9-11H2,(H,24,28)(H,25,30)(H,26,29)/t18-/m0/s1. The Morgan fingerprint density at radius 1 is 1.10 bits per heavy atom. The number of rotatable bonds is 6. The number of hydrogen-bond acceptors (Lipinski definition) is 5. The number of nitrogens with one attached hydrogen (secondary N) is 3. The van der Waals surface area contributed by atoms with E-state index in [2.05, 4.69) is 26.0 Å². The number of carbonyl (C=O) groups is 3. The van der Waals surface area contributed by atoms with Crippen LogP contribution < -0.4 is 16.0 Å². The number of nitrogens with zero attached hydrogens (tertiary/aromatic N) is 3. The number of carbonyl (C=O) groups excluding carboxylic acids is 3. The fourth-order valence-electron chi connectivity index (χ4n) is 3.21. The van der Waals surface area contributed by atoms with Gasteiger partial charge >= 0.3 is 0 Å². The van der Waals surface area contributed by atoms with E-state index in [4.69, 9.17) is 0 Å². The third kappa shape index (κ3) is 4.52. The molecule has 0 saturated heterocycles. The van der Waals surface area contributed by atoms with Crippen LogP contribution >= 0.6 is 0 Å². The zero-order valence-corrected chi connectivity index (χ0v) is 16.0. The lowest BCUT2D eigenvalue weighted by molar-refractivity contribution is -0.118. The van der Waals surface area contributed by atoms with Crippen LogP contribution in [0.5, 0.6) is 0 Å². The highest BCUT2D eigenvalue weighted by atomic mass is 16.2. The molecule has 3 aromatic rings. The fraction of sp³-hybridized carbons (Fsp3) is 0.190. The van der Waals surface area contributed by atoms with Crippen molar-refractivity contribution in [1.82, 2.24) is 20.1 Å². The fourth-order valence-corrected chi connectivity index (χ4v) is 3.21. The van der Waals surface area contributed by atoms with Gasteiger partial charge in [0.2, 0.25) is 11.8 Å². The molecule has 2 aromatic carbocycles. The second kappa shape index (κ2) is 8.56. The monoisotopic (exact) mass is 404 g/mol. The summed E-state index contributed by atoms with van der Waals surface area (Å²) in [5, 5.41) is 12.3. The summed E-state index contributed by atoms with van der Waals surface area (Å²) in [4.78, 5) is 40.9. The SMILES string of the molecule is O=C(CC[C@@H]1NC(=O)c2ccccc2NC1=O)Nc1ccc(Cn2cncn2)cc1. The molecule has 0 bridgehead atoms. The molecule has 2 heterocycles. The molecule has 152 valence electrons. The molecule has 1 aliphatic heterocycles. The molecule has 1 aliphatic rings. The summed E-state index contributed by atoms with van der Waals surface area (Å²) in [6.07, 6.45) is 3.40. The van der Waals surface area contributed by atoms with Crippen LogP contribution in [0.2, 0.25) is 0 Å². The van der Waals surface area contributed by atoms with Gasteiger partial charge in [0.25, 0.3) is 5.91 Å². The Balaban J connectivity index is 1.30. The molecule has 9 heteroatoms. The maximum atomic E-state index is 12.4. The van der Waals surface area contributed by atoms with Crippen molar-refractivity contribution >= 4 is 29.1 Å². The largest absolute Gasteiger partial charge is 0.340 e. The number of para-hydroxylation sites is 1. The quantitative estimate of drug-likeness (QED) is 0.579. The van der Waals surface area contributed by atoms with Gasteiger partial charge in [-0.15, -0.1) is 0 Å². The predicted molar refractivity (Wildman–Crippen MR) is 110 cm³/mol. The Morgan fingerprint density at radius 3 is 2.67 bits per heavy atom.